The van der Waals surface area contributed by atoms with E-state index in [0.29, 0.717) is 13.1 Å². The van der Waals surface area contributed by atoms with Crippen molar-refractivity contribution < 1.29 is 0 Å². The minimum Gasteiger partial charge on any atom is -0.347 e. The number of para-hydroxylation sites is 1. The summed E-state index contributed by atoms with van der Waals surface area (Å²) >= 11 is 0. The first kappa shape index (κ1) is 9.16. The molecule has 0 atom stereocenters. The van der Waals surface area contributed by atoms with Crippen molar-refractivity contribution in [1.29, 1.82) is 5.26 Å². The topological polar surface area (TPSA) is 27.0 Å². The van der Waals surface area contributed by atoms with Crippen LogP contribution in [0.2, 0.25) is 0 Å². The van der Waals surface area contributed by atoms with Gasteiger partial charge in [-0.25, -0.2) is 0 Å². The van der Waals surface area contributed by atoms with Gasteiger partial charge in [-0.05, 0) is 12.1 Å². The molecular formula is C11H10N2. The molecule has 0 fully saturated rings. The maximum absolute atomic E-state index is 8.56. The Kier molecular flexibility index (Phi) is 3.42. The van der Waals surface area contributed by atoms with Crippen LogP contribution in [0.15, 0.2) is 30.3 Å². The molecule has 0 heterocycles. The molecule has 0 unspecified atom stereocenters. The van der Waals surface area contributed by atoms with Crippen LogP contribution in [0.4, 0.5) is 5.69 Å². The van der Waals surface area contributed by atoms with Gasteiger partial charge < -0.3 is 4.90 Å². The fourth-order valence-corrected chi connectivity index (χ4v) is 1.07. The number of nitriles is 1. The largest absolute Gasteiger partial charge is 0.347 e. The summed E-state index contributed by atoms with van der Waals surface area (Å²) in [6, 6.07) is 11.7. The zero-order valence-corrected chi connectivity index (χ0v) is 7.27. The highest BCUT2D eigenvalue weighted by atomic mass is 15.1. The van der Waals surface area contributed by atoms with Crippen LogP contribution in [0.3, 0.4) is 0 Å². The van der Waals surface area contributed by atoms with Gasteiger partial charge in [-0.2, -0.15) is 5.26 Å². The third-order valence-electron chi connectivity index (χ3n) is 1.67. The van der Waals surface area contributed by atoms with Gasteiger partial charge in [-0.1, -0.05) is 24.1 Å². The highest BCUT2D eigenvalue weighted by molar-refractivity contribution is 5.47. The molecular weight excluding hydrogens is 160 g/mol. The van der Waals surface area contributed by atoms with E-state index in [0.717, 1.165) is 5.69 Å². The minimum atomic E-state index is 0.328. The summed E-state index contributed by atoms with van der Waals surface area (Å²) in [4.78, 5) is 1.85. The molecule has 13 heavy (non-hydrogen) atoms. The summed E-state index contributed by atoms with van der Waals surface area (Å²) in [5, 5.41) is 8.56. The lowest BCUT2D eigenvalue weighted by atomic mass is 10.3. The Balaban J connectivity index is 2.78. The molecule has 0 amide bonds. The van der Waals surface area contributed by atoms with Gasteiger partial charge in [0, 0.05) is 5.69 Å². The van der Waals surface area contributed by atoms with E-state index in [1.54, 1.807) is 0 Å². The standard InChI is InChI=1S/C11H10N2/c1-2-9-13(10-8-12)11-6-4-3-5-7-11/h1,3-7H,9-10H2. The minimum absolute atomic E-state index is 0.328. The number of hydrogen-bond acceptors (Lipinski definition) is 2. The lowest BCUT2D eigenvalue weighted by Crippen LogP contribution is -2.23. The molecule has 64 valence electrons. The van der Waals surface area contributed by atoms with Crippen molar-refractivity contribution in [3.63, 3.8) is 0 Å². The zero-order valence-electron chi connectivity index (χ0n) is 7.27. The van der Waals surface area contributed by atoms with Crippen molar-refractivity contribution in [2.45, 2.75) is 0 Å². The van der Waals surface area contributed by atoms with Crippen LogP contribution < -0.4 is 4.90 Å². The summed E-state index contributed by atoms with van der Waals surface area (Å²) in [6.07, 6.45) is 5.20. The number of anilines is 1. The highest BCUT2D eigenvalue weighted by Gasteiger charge is 2.01. The van der Waals surface area contributed by atoms with Gasteiger partial charge >= 0.3 is 0 Å². The molecule has 1 aromatic rings. The smallest absolute Gasteiger partial charge is 0.106 e. The van der Waals surface area contributed by atoms with Crippen LogP contribution >= 0.6 is 0 Å². The SMILES string of the molecule is C#CCN(CC#N)c1ccccc1. The van der Waals surface area contributed by atoms with E-state index in [9.17, 15) is 0 Å². The quantitative estimate of drug-likeness (QED) is 0.509. The normalized spacial score (nSPS) is 8.46. The first-order valence-electron chi connectivity index (χ1n) is 3.99. The number of rotatable bonds is 3. The Morgan fingerprint density at radius 2 is 1.92 bits per heavy atom. The van der Waals surface area contributed by atoms with Crippen molar-refractivity contribution in [3.8, 4) is 18.4 Å². The molecule has 0 spiro atoms. The maximum Gasteiger partial charge on any atom is 0.106 e. The van der Waals surface area contributed by atoms with E-state index in [-0.39, 0.29) is 0 Å². The fraction of sp³-hybridized carbons (Fsp3) is 0.182. The van der Waals surface area contributed by atoms with Gasteiger partial charge in [-0.15, -0.1) is 6.42 Å². The fourth-order valence-electron chi connectivity index (χ4n) is 1.07. The van der Waals surface area contributed by atoms with Gasteiger partial charge in [0.05, 0.1) is 12.6 Å². The number of terminal acetylenes is 1. The van der Waals surface area contributed by atoms with Gasteiger partial charge in [0.2, 0.25) is 0 Å². The molecule has 0 aliphatic rings. The molecule has 1 rings (SSSR count). The third-order valence-corrected chi connectivity index (χ3v) is 1.67. The van der Waals surface area contributed by atoms with Crippen LogP contribution in [0, 0.1) is 23.7 Å². The van der Waals surface area contributed by atoms with Gasteiger partial charge in [0.15, 0.2) is 0 Å². The predicted octanol–water partition coefficient (Wildman–Crippen LogP) is 1.65. The van der Waals surface area contributed by atoms with E-state index in [2.05, 4.69) is 12.0 Å². The Bertz CT molecular complexity index is 313. The van der Waals surface area contributed by atoms with Crippen molar-refractivity contribution in [1.82, 2.24) is 0 Å². The van der Waals surface area contributed by atoms with Gasteiger partial charge in [0.1, 0.15) is 6.54 Å². The average Bonchev–Trinajstić information content (AvgIpc) is 2.19. The Morgan fingerprint density at radius 1 is 1.23 bits per heavy atom. The Hall–Kier alpha value is -1.93. The van der Waals surface area contributed by atoms with E-state index in [4.69, 9.17) is 11.7 Å². The number of nitrogens with zero attached hydrogens (tertiary/aromatic N) is 2. The van der Waals surface area contributed by atoms with Crippen molar-refractivity contribution in [3.05, 3.63) is 30.3 Å². The van der Waals surface area contributed by atoms with Crippen molar-refractivity contribution >= 4 is 5.69 Å². The first-order chi connectivity index (χ1) is 6.38. The first-order valence-corrected chi connectivity index (χ1v) is 3.99. The molecule has 0 N–H and O–H groups in total. The van der Waals surface area contributed by atoms with Crippen LogP contribution in [0.25, 0.3) is 0 Å². The van der Waals surface area contributed by atoms with E-state index >= 15 is 0 Å². The molecule has 0 radical (unpaired) electrons. The second-order valence-electron chi connectivity index (χ2n) is 2.55. The highest BCUT2D eigenvalue weighted by Crippen LogP contribution is 2.11. The molecule has 2 nitrogen and oxygen atoms in total. The molecule has 2 heteroatoms. The molecule has 0 aliphatic heterocycles. The summed E-state index contributed by atoms with van der Waals surface area (Å²) < 4.78 is 0. The van der Waals surface area contributed by atoms with Crippen LogP contribution in [-0.2, 0) is 0 Å². The lowest BCUT2D eigenvalue weighted by Gasteiger charge is -2.18. The predicted molar refractivity (Wildman–Crippen MR) is 53.1 cm³/mol. The molecule has 0 saturated carbocycles. The van der Waals surface area contributed by atoms with Crippen LogP contribution in [0.1, 0.15) is 0 Å². The summed E-state index contributed by atoms with van der Waals surface area (Å²) in [7, 11) is 0. The molecule has 0 aromatic heterocycles. The van der Waals surface area contributed by atoms with Gasteiger partial charge in [-0.3, -0.25) is 0 Å². The van der Waals surface area contributed by atoms with Crippen molar-refractivity contribution in [2.75, 3.05) is 18.0 Å². The molecule has 1 aromatic carbocycles. The van der Waals surface area contributed by atoms with Crippen molar-refractivity contribution in [2.24, 2.45) is 0 Å². The summed E-state index contributed by atoms with van der Waals surface area (Å²) in [5.41, 5.74) is 0.988. The Labute approximate surface area is 78.4 Å². The van der Waals surface area contributed by atoms with Crippen LogP contribution in [0.5, 0.6) is 0 Å². The zero-order chi connectivity index (χ0) is 9.52. The van der Waals surface area contributed by atoms with E-state index in [1.807, 2.05) is 35.2 Å². The lowest BCUT2D eigenvalue weighted by molar-refractivity contribution is 0.976. The van der Waals surface area contributed by atoms with Crippen LogP contribution in [-0.4, -0.2) is 13.1 Å². The third kappa shape index (κ3) is 2.54. The average molecular weight is 170 g/mol. The summed E-state index contributed by atoms with van der Waals surface area (Å²) in [6.45, 7) is 0.797. The second-order valence-corrected chi connectivity index (χ2v) is 2.55. The molecule has 0 aliphatic carbocycles. The molecule has 0 saturated heterocycles. The van der Waals surface area contributed by atoms with Gasteiger partial charge in [0.25, 0.3) is 0 Å². The monoisotopic (exact) mass is 170 g/mol. The summed E-state index contributed by atoms with van der Waals surface area (Å²) in [5.74, 6) is 2.53. The maximum atomic E-state index is 8.56. The Morgan fingerprint density at radius 3 is 2.46 bits per heavy atom. The number of hydrogen-bond donors (Lipinski definition) is 0. The van der Waals surface area contributed by atoms with E-state index < -0.39 is 0 Å². The van der Waals surface area contributed by atoms with E-state index in [1.165, 1.54) is 0 Å². The number of benzene rings is 1. The second kappa shape index (κ2) is 4.85. The molecule has 0 bridgehead atoms.